The molecule has 1 amide bonds. The number of hydrogen-bond acceptors (Lipinski definition) is 6. The zero-order valence-electron chi connectivity index (χ0n) is 16.9. The van der Waals surface area contributed by atoms with E-state index in [1.54, 1.807) is 30.3 Å². The summed E-state index contributed by atoms with van der Waals surface area (Å²) in [7, 11) is 5.25. The number of aliphatic hydroxyl groups is 1. The topological polar surface area (TPSA) is 90.3 Å². The number of likely N-dealkylation sites (tertiary alicyclic amines) is 1. The lowest BCUT2D eigenvalue weighted by Gasteiger charge is -2.26. The molecule has 2 aromatic carbocycles. The van der Waals surface area contributed by atoms with E-state index in [9.17, 15) is 19.8 Å². The molecule has 0 spiro atoms. The maximum Gasteiger partial charge on any atom is 0.295 e. The third-order valence-corrected chi connectivity index (χ3v) is 5.28. The van der Waals surface area contributed by atoms with Crippen LogP contribution in [-0.2, 0) is 9.59 Å². The number of methoxy groups -OCH3 is 1. The molecule has 0 bridgehead atoms. The van der Waals surface area contributed by atoms with Crippen LogP contribution in [-0.4, -0.2) is 66.0 Å². The number of benzene rings is 2. The minimum absolute atomic E-state index is 0.0225. The van der Waals surface area contributed by atoms with E-state index in [2.05, 4.69) is 0 Å². The van der Waals surface area contributed by atoms with Crippen LogP contribution in [0, 0.1) is 0 Å². The second kappa shape index (κ2) is 8.77. The van der Waals surface area contributed by atoms with Crippen molar-refractivity contribution >= 4 is 29.1 Å². The Kier molecular flexibility index (Phi) is 6.34. The van der Waals surface area contributed by atoms with Gasteiger partial charge in [0.2, 0.25) is 0 Å². The van der Waals surface area contributed by atoms with Crippen molar-refractivity contribution in [2.45, 2.75) is 6.04 Å². The first kappa shape index (κ1) is 21.7. The maximum atomic E-state index is 12.9. The molecule has 2 N–H and O–H groups in total. The van der Waals surface area contributed by atoms with Crippen molar-refractivity contribution in [3.05, 3.63) is 64.2 Å². The van der Waals surface area contributed by atoms with Gasteiger partial charge in [0.25, 0.3) is 11.7 Å². The Balaban J connectivity index is 2.15. The molecule has 1 saturated heterocycles. The predicted molar refractivity (Wildman–Crippen MR) is 114 cm³/mol. The number of phenols is 1. The lowest BCUT2D eigenvalue weighted by molar-refractivity contribution is -0.140. The molecule has 1 fully saturated rings. The number of nitrogens with zero attached hydrogens (tertiary/aromatic N) is 2. The lowest BCUT2D eigenvalue weighted by atomic mass is 9.95. The van der Waals surface area contributed by atoms with Gasteiger partial charge in [0.05, 0.1) is 23.7 Å². The van der Waals surface area contributed by atoms with Gasteiger partial charge in [-0.3, -0.25) is 9.59 Å². The van der Waals surface area contributed by atoms with Gasteiger partial charge in [-0.2, -0.15) is 0 Å². The molecule has 0 radical (unpaired) electrons. The molecule has 7 nitrogen and oxygen atoms in total. The highest BCUT2D eigenvalue weighted by Gasteiger charge is 2.46. The summed E-state index contributed by atoms with van der Waals surface area (Å²) in [5.41, 5.74) is 0.882. The molecular weight excluding hydrogens is 408 g/mol. The van der Waals surface area contributed by atoms with E-state index >= 15 is 0 Å². The molecule has 1 atom stereocenters. The SMILES string of the molecule is COc1ccc(/C(O)=C2/C(=O)C(=O)N(CCN(C)C)C2c2ccc(O)c(Cl)c2)cc1. The number of aromatic hydroxyl groups is 1. The number of carbonyl (C=O) groups excluding carboxylic acids is 2. The maximum absolute atomic E-state index is 12.9. The smallest absolute Gasteiger partial charge is 0.295 e. The molecule has 2 aromatic rings. The molecule has 158 valence electrons. The molecule has 0 aliphatic carbocycles. The van der Waals surface area contributed by atoms with Gasteiger partial charge >= 0.3 is 0 Å². The Labute approximate surface area is 179 Å². The highest BCUT2D eigenvalue weighted by Crippen LogP contribution is 2.41. The number of halogens is 1. The molecule has 0 aromatic heterocycles. The summed E-state index contributed by atoms with van der Waals surface area (Å²) in [5, 5.41) is 20.8. The van der Waals surface area contributed by atoms with E-state index in [1.807, 2.05) is 19.0 Å². The first-order valence-electron chi connectivity index (χ1n) is 9.30. The Morgan fingerprint density at radius 3 is 2.40 bits per heavy atom. The standard InChI is InChI=1S/C22H23ClN2O5/c1-24(2)10-11-25-19(14-6-9-17(26)16(23)12-14)18(21(28)22(25)29)20(27)13-4-7-15(30-3)8-5-13/h4-9,12,19,26-27H,10-11H2,1-3H3/b20-18-. The Morgan fingerprint density at radius 2 is 1.83 bits per heavy atom. The minimum Gasteiger partial charge on any atom is -0.507 e. The second-order valence-corrected chi connectivity index (χ2v) is 7.64. The van der Waals surface area contributed by atoms with E-state index in [-0.39, 0.29) is 28.6 Å². The fourth-order valence-electron chi connectivity index (χ4n) is 3.36. The van der Waals surface area contributed by atoms with E-state index < -0.39 is 17.7 Å². The largest absolute Gasteiger partial charge is 0.507 e. The first-order chi connectivity index (χ1) is 14.2. The highest BCUT2D eigenvalue weighted by atomic mass is 35.5. The van der Waals surface area contributed by atoms with Crippen LogP contribution in [0.1, 0.15) is 17.2 Å². The summed E-state index contributed by atoms with van der Waals surface area (Å²) in [5.74, 6) is -1.25. The zero-order valence-corrected chi connectivity index (χ0v) is 17.7. The van der Waals surface area contributed by atoms with E-state index in [0.717, 1.165) is 0 Å². The molecule has 8 heteroatoms. The van der Waals surface area contributed by atoms with Crippen molar-refractivity contribution in [2.75, 3.05) is 34.3 Å². The minimum atomic E-state index is -0.829. The van der Waals surface area contributed by atoms with Gasteiger partial charge in [-0.1, -0.05) is 17.7 Å². The number of aliphatic hydroxyl groups excluding tert-OH is 1. The summed E-state index contributed by atoms with van der Waals surface area (Å²) >= 11 is 6.08. The molecule has 3 rings (SSSR count). The van der Waals surface area contributed by atoms with Crippen LogP contribution in [0.5, 0.6) is 11.5 Å². The predicted octanol–water partition coefficient (Wildman–Crippen LogP) is 3.04. The zero-order chi connectivity index (χ0) is 22.0. The summed E-state index contributed by atoms with van der Waals surface area (Å²) in [6.07, 6.45) is 0. The average Bonchev–Trinajstić information content (AvgIpc) is 2.98. The lowest BCUT2D eigenvalue weighted by Crippen LogP contribution is -2.35. The van der Waals surface area contributed by atoms with Crippen molar-refractivity contribution in [1.29, 1.82) is 0 Å². The highest BCUT2D eigenvalue weighted by molar-refractivity contribution is 6.46. The van der Waals surface area contributed by atoms with Crippen LogP contribution in [0.2, 0.25) is 5.02 Å². The number of ketones is 1. The fraction of sp³-hybridized carbons (Fsp3) is 0.273. The van der Waals surface area contributed by atoms with Crippen molar-refractivity contribution in [3.8, 4) is 11.5 Å². The normalized spacial score (nSPS) is 18.3. The van der Waals surface area contributed by atoms with Crippen LogP contribution in [0.4, 0.5) is 0 Å². The summed E-state index contributed by atoms with van der Waals surface area (Å²) < 4.78 is 5.13. The van der Waals surface area contributed by atoms with Crippen LogP contribution in [0.25, 0.3) is 5.76 Å². The molecule has 30 heavy (non-hydrogen) atoms. The van der Waals surface area contributed by atoms with Gasteiger partial charge in [-0.25, -0.2) is 0 Å². The van der Waals surface area contributed by atoms with Crippen molar-refractivity contribution in [3.63, 3.8) is 0 Å². The van der Waals surface area contributed by atoms with Gasteiger partial charge in [-0.05, 0) is 56.1 Å². The molecule has 1 aliphatic heterocycles. The van der Waals surface area contributed by atoms with E-state index in [4.69, 9.17) is 16.3 Å². The number of phenolic OH excluding ortho intramolecular Hbond substituents is 1. The van der Waals surface area contributed by atoms with Gasteiger partial charge < -0.3 is 24.7 Å². The molecule has 1 aliphatic rings. The Morgan fingerprint density at radius 1 is 1.17 bits per heavy atom. The Hall–Kier alpha value is -3.03. The number of likely N-dealkylation sites (N-methyl/N-ethyl adjacent to an activating group) is 1. The van der Waals surface area contributed by atoms with Crippen LogP contribution >= 0.6 is 11.6 Å². The molecular formula is C22H23ClN2O5. The second-order valence-electron chi connectivity index (χ2n) is 7.24. The molecule has 0 saturated carbocycles. The number of amides is 1. The van der Waals surface area contributed by atoms with E-state index in [0.29, 0.717) is 23.4 Å². The van der Waals surface area contributed by atoms with Crippen molar-refractivity contribution in [1.82, 2.24) is 9.80 Å². The van der Waals surface area contributed by atoms with Crippen molar-refractivity contribution in [2.24, 2.45) is 0 Å². The monoisotopic (exact) mass is 430 g/mol. The number of Topliss-reactive ketones (excluding diaryl/α,β-unsaturated/α-hetero) is 1. The average molecular weight is 431 g/mol. The van der Waals surface area contributed by atoms with Gasteiger partial charge in [0.15, 0.2) is 0 Å². The molecule has 1 heterocycles. The van der Waals surface area contributed by atoms with Crippen LogP contribution < -0.4 is 4.74 Å². The van der Waals surface area contributed by atoms with Crippen LogP contribution in [0.3, 0.4) is 0 Å². The Bertz CT molecular complexity index is 1000. The summed E-state index contributed by atoms with van der Waals surface area (Å²) in [6.45, 7) is 0.804. The van der Waals surface area contributed by atoms with Gasteiger partial charge in [0.1, 0.15) is 17.3 Å². The van der Waals surface area contributed by atoms with E-state index in [1.165, 1.54) is 24.1 Å². The number of rotatable bonds is 6. The number of carbonyl (C=O) groups is 2. The number of hydrogen-bond donors (Lipinski definition) is 2. The van der Waals surface area contributed by atoms with Crippen LogP contribution in [0.15, 0.2) is 48.0 Å². The van der Waals surface area contributed by atoms with Crippen molar-refractivity contribution < 1.29 is 24.5 Å². The van der Waals surface area contributed by atoms with Gasteiger partial charge in [-0.15, -0.1) is 0 Å². The van der Waals surface area contributed by atoms with Gasteiger partial charge in [0, 0.05) is 18.7 Å². The third-order valence-electron chi connectivity index (χ3n) is 4.98. The molecule has 1 unspecified atom stereocenters. The quantitative estimate of drug-likeness (QED) is 0.416. The summed E-state index contributed by atoms with van der Waals surface area (Å²) in [4.78, 5) is 29.0. The third kappa shape index (κ3) is 4.13. The number of ether oxygens (including phenoxy) is 1. The fourth-order valence-corrected chi connectivity index (χ4v) is 3.55. The summed E-state index contributed by atoms with van der Waals surface area (Å²) in [6, 6.07) is 10.2. The first-order valence-corrected chi connectivity index (χ1v) is 9.68.